The molecule has 0 saturated carbocycles. The maximum absolute atomic E-state index is 11.1. The number of aryl methyl sites for hydroxylation is 1. The van der Waals surface area contributed by atoms with Gasteiger partial charge in [0.05, 0.1) is 5.56 Å². The molecule has 4 heteroatoms. The third-order valence-corrected chi connectivity index (χ3v) is 2.52. The number of H-pyrrole nitrogens is 1. The summed E-state index contributed by atoms with van der Waals surface area (Å²) in [7, 11) is 0. The summed E-state index contributed by atoms with van der Waals surface area (Å²) >= 11 is 0. The lowest BCUT2D eigenvalue weighted by Crippen LogP contribution is -2.10. The predicted molar refractivity (Wildman–Crippen MR) is 64.2 cm³/mol. The number of aromatic amines is 1. The van der Waals surface area contributed by atoms with Gasteiger partial charge in [-0.2, -0.15) is 0 Å². The molecule has 17 heavy (non-hydrogen) atoms. The van der Waals surface area contributed by atoms with E-state index in [1.165, 1.54) is 6.20 Å². The molecule has 0 unspecified atom stereocenters. The van der Waals surface area contributed by atoms with Crippen molar-refractivity contribution in [3.8, 4) is 11.1 Å². The van der Waals surface area contributed by atoms with Gasteiger partial charge < -0.3 is 10.1 Å². The Labute approximate surface area is 97.6 Å². The number of rotatable bonds is 2. The summed E-state index contributed by atoms with van der Waals surface area (Å²) in [6, 6.07) is 8.54. The van der Waals surface area contributed by atoms with Gasteiger partial charge in [-0.25, -0.2) is 4.79 Å². The van der Waals surface area contributed by atoms with E-state index >= 15 is 0 Å². The standard InChI is InChI=1S/C13H11NO3/c1-8-2-4-9(5-3-8)11-7-14-12(15)6-10(11)13(16)17/h2-7H,1H3,(H,14,15)(H,16,17). The van der Waals surface area contributed by atoms with Crippen molar-refractivity contribution in [2.75, 3.05) is 0 Å². The summed E-state index contributed by atoms with van der Waals surface area (Å²) < 4.78 is 0. The number of nitrogens with one attached hydrogen (secondary N) is 1. The molecule has 2 aromatic rings. The Morgan fingerprint density at radius 3 is 2.47 bits per heavy atom. The lowest BCUT2D eigenvalue weighted by molar-refractivity contribution is 0.0697. The minimum atomic E-state index is -1.10. The van der Waals surface area contributed by atoms with Crippen LogP contribution in [0.5, 0.6) is 0 Å². The molecule has 1 aromatic heterocycles. The normalized spacial score (nSPS) is 10.2. The van der Waals surface area contributed by atoms with Gasteiger partial charge in [-0.3, -0.25) is 4.79 Å². The first kappa shape index (κ1) is 11.1. The smallest absolute Gasteiger partial charge is 0.336 e. The minimum Gasteiger partial charge on any atom is -0.478 e. The van der Waals surface area contributed by atoms with Gasteiger partial charge in [-0.1, -0.05) is 29.8 Å². The van der Waals surface area contributed by atoms with Gasteiger partial charge in [-0.15, -0.1) is 0 Å². The number of hydrogen-bond acceptors (Lipinski definition) is 2. The van der Waals surface area contributed by atoms with Crippen LogP contribution in [0.1, 0.15) is 15.9 Å². The monoisotopic (exact) mass is 229 g/mol. The quantitative estimate of drug-likeness (QED) is 0.827. The van der Waals surface area contributed by atoms with E-state index in [4.69, 9.17) is 5.11 Å². The second-order valence-corrected chi connectivity index (χ2v) is 3.80. The van der Waals surface area contributed by atoms with Crippen LogP contribution in [0.25, 0.3) is 11.1 Å². The molecule has 0 aliphatic heterocycles. The minimum absolute atomic E-state index is 0.0117. The number of pyridine rings is 1. The van der Waals surface area contributed by atoms with Crippen LogP contribution in [-0.4, -0.2) is 16.1 Å². The third kappa shape index (κ3) is 2.25. The lowest BCUT2D eigenvalue weighted by atomic mass is 10.0. The molecule has 0 bridgehead atoms. The zero-order chi connectivity index (χ0) is 12.4. The summed E-state index contributed by atoms with van der Waals surface area (Å²) in [5.74, 6) is -1.10. The highest BCUT2D eigenvalue weighted by Gasteiger charge is 2.12. The van der Waals surface area contributed by atoms with Crippen molar-refractivity contribution in [1.29, 1.82) is 0 Å². The Balaban J connectivity index is 2.62. The van der Waals surface area contributed by atoms with Crippen LogP contribution < -0.4 is 5.56 Å². The first-order chi connectivity index (χ1) is 8.08. The predicted octanol–water partition coefficient (Wildman–Crippen LogP) is 2.05. The second kappa shape index (κ2) is 4.25. The molecule has 0 saturated heterocycles. The molecule has 0 fully saturated rings. The molecule has 2 N–H and O–H groups in total. The Kier molecular flexibility index (Phi) is 2.78. The maximum atomic E-state index is 11.1. The summed E-state index contributed by atoms with van der Waals surface area (Å²) in [6.07, 6.45) is 1.43. The Morgan fingerprint density at radius 1 is 1.24 bits per heavy atom. The van der Waals surface area contributed by atoms with E-state index in [9.17, 15) is 9.59 Å². The van der Waals surface area contributed by atoms with Crippen LogP contribution in [0.4, 0.5) is 0 Å². The summed E-state index contributed by atoms with van der Waals surface area (Å²) in [4.78, 5) is 24.7. The molecule has 4 nitrogen and oxygen atoms in total. The highest BCUT2D eigenvalue weighted by Crippen LogP contribution is 2.22. The van der Waals surface area contributed by atoms with Crippen molar-refractivity contribution >= 4 is 5.97 Å². The number of aromatic nitrogens is 1. The van der Waals surface area contributed by atoms with Crippen molar-refractivity contribution in [1.82, 2.24) is 4.98 Å². The van der Waals surface area contributed by atoms with E-state index in [1.807, 2.05) is 31.2 Å². The Morgan fingerprint density at radius 2 is 1.88 bits per heavy atom. The van der Waals surface area contributed by atoms with Gasteiger partial charge in [0.1, 0.15) is 0 Å². The van der Waals surface area contributed by atoms with E-state index in [0.717, 1.165) is 17.2 Å². The zero-order valence-electron chi connectivity index (χ0n) is 9.23. The largest absolute Gasteiger partial charge is 0.478 e. The third-order valence-electron chi connectivity index (χ3n) is 2.52. The topological polar surface area (TPSA) is 70.2 Å². The molecular formula is C13H11NO3. The molecule has 0 aliphatic carbocycles. The molecule has 0 spiro atoms. The van der Waals surface area contributed by atoms with Crippen molar-refractivity contribution < 1.29 is 9.90 Å². The summed E-state index contributed by atoms with van der Waals surface area (Å²) in [5, 5.41) is 9.05. The van der Waals surface area contributed by atoms with Crippen molar-refractivity contribution in [2.24, 2.45) is 0 Å². The van der Waals surface area contributed by atoms with Crippen molar-refractivity contribution in [2.45, 2.75) is 6.92 Å². The number of benzene rings is 1. The highest BCUT2D eigenvalue weighted by molar-refractivity contribution is 5.95. The molecule has 0 amide bonds. The van der Waals surface area contributed by atoms with Crippen LogP contribution in [0.3, 0.4) is 0 Å². The molecule has 1 aromatic carbocycles. The van der Waals surface area contributed by atoms with Gasteiger partial charge in [0.25, 0.3) is 0 Å². The van der Waals surface area contributed by atoms with E-state index in [0.29, 0.717) is 5.56 Å². The fourth-order valence-corrected chi connectivity index (χ4v) is 1.62. The van der Waals surface area contributed by atoms with Crippen LogP contribution in [0.15, 0.2) is 41.3 Å². The number of carbonyl (C=O) groups is 1. The fraction of sp³-hybridized carbons (Fsp3) is 0.0769. The van der Waals surface area contributed by atoms with E-state index in [2.05, 4.69) is 4.98 Å². The van der Waals surface area contributed by atoms with Gasteiger partial charge in [0.2, 0.25) is 5.56 Å². The number of hydrogen-bond donors (Lipinski definition) is 2. The summed E-state index contributed by atoms with van der Waals surface area (Å²) in [5.41, 5.74) is 1.97. The van der Waals surface area contributed by atoms with Crippen LogP contribution in [0, 0.1) is 6.92 Å². The van der Waals surface area contributed by atoms with Gasteiger partial charge >= 0.3 is 5.97 Å². The number of carboxylic acid groups (broad SMARTS) is 1. The molecule has 1 heterocycles. The lowest BCUT2D eigenvalue weighted by Gasteiger charge is -2.05. The molecule has 0 radical (unpaired) electrons. The van der Waals surface area contributed by atoms with E-state index < -0.39 is 11.5 Å². The molecule has 86 valence electrons. The van der Waals surface area contributed by atoms with E-state index in [1.54, 1.807) is 0 Å². The van der Waals surface area contributed by atoms with E-state index in [-0.39, 0.29) is 5.56 Å². The maximum Gasteiger partial charge on any atom is 0.336 e. The van der Waals surface area contributed by atoms with Crippen LogP contribution in [0.2, 0.25) is 0 Å². The van der Waals surface area contributed by atoms with Crippen LogP contribution >= 0.6 is 0 Å². The van der Waals surface area contributed by atoms with Gasteiger partial charge in [-0.05, 0) is 12.5 Å². The Hall–Kier alpha value is -2.36. The average molecular weight is 229 g/mol. The number of aromatic carboxylic acids is 1. The fourth-order valence-electron chi connectivity index (χ4n) is 1.62. The first-order valence-electron chi connectivity index (χ1n) is 5.11. The summed E-state index contributed by atoms with van der Waals surface area (Å²) in [6.45, 7) is 1.95. The zero-order valence-corrected chi connectivity index (χ0v) is 9.23. The van der Waals surface area contributed by atoms with Crippen molar-refractivity contribution in [3.05, 3.63) is 58.0 Å². The number of carboxylic acids is 1. The van der Waals surface area contributed by atoms with Crippen LogP contribution in [-0.2, 0) is 0 Å². The SMILES string of the molecule is Cc1ccc(-c2c[nH]c(=O)cc2C(=O)O)cc1. The molecule has 2 rings (SSSR count). The van der Waals surface area contributed by atoms with Crippen molar-refractivity contribution in [3.63, 3.8) is 0 Å². The molecular weight excluding hydrogens is 218 g/mol. The van der Waals surface area contributed by atoms with Gasteiger partial charge in [0.15, 0.2) is 0 Å². The second-order valence-electron chi connectivity index (χ2n) is 3.80. The first-order valence-corrected chi connectivity index (χ1v) is 5.11. The molecule has 0 atom stereocenters. The highest BCUT2D eigenvalue weighted by atomic mass is 16.4. The molecule has 0 aliphatic rings. The average Bonchev–Trinajstić information content (AvgIpc) is 2.30. The van der Waals surface area contributed by atoms with Gasteiger partial charge in [0, 0.05) is 17.8 Å². The Bertz CT molecular complexity index is 611.